The van der Waals surface area contributed by atoms with Crippen molar-refractivity contribution in [3.63, 3.8) is 0 Å². The zero-order chi connectivity index (χ0) is 13.9. The molecule has 0 unspecified atom stereocenters. The quantitative estimate of drug-likeness (QED) is 0.671. The number of hydrogen-bond acceptors (Lipinski definition) is 4. The van der Waals surface area contributed by atoms with E-state index in [9.17, 15) is 9.90 Å². The molecule has 0 aromatic heterocycles. The first-order valence-corrected chi connectivity index (χ1v) is 6.10. The van der Waals surface area contributed by atoms with E-state index in [4.69, 9.17) is 4.74 Å². The van der Waals surface area contributed by atoms with Gasteiger partial charge in [-0.25, -0.2) is 9.79 Å². The molecule has 0 fully saturated rings. The number of phenolic OH excluding ortho intramolecular Hbond substituents is 1. The van der Waals surface area contributed by atoms with Crippen LogP contribution in [0, 0.1) is 0 Å². The second-order valence-corrected chi connectivity index (χ2v) is 4.26. The van der Waals surface area contributed by atoms with Crippen molar-refractivity contribution in [3.8, 4) is 5.75 Å². The first-order chi connectivity index (χ1) is 9.74. The van der Waals surface area contributed by atoms with E-state index in [1.165, 1.54) is 6.07 Å². The van der Waals surface area contributed by atoms with E-state index in [2.05, 4.69) is 4.99 Å². The van der Waals surface area contributed by atoms with Crippen LogP contribution in [-0.4, -0.2) is 17.0 Å². The molecule has 0 radical (unpaired) electrons. The van der Waals surface area contributed by atoms with Gasteiger partial charge in [0.25, 0.3) is 0 Å². The van der Waals surface area contributed by atoms with Gasteiger partial charge < -0.3 is 9.84 Å². The third kappa shape index (κ3) is 2.31. The summed E-state index contributed by atoms with van der Waals surface area (Å²) >= 11 is 0. The van der Waals surface area contributed by atoms with E-state index in [0.29, 0.717) is 5.56 Å². The van der Waals surface area contributed by atoms with Gasteiger partial charge in [0.15, 0.2) is 5.70 Å². The molecule has 4 heteroatoms. The summed E-state index contributed by atoms with van der Waals surface area (Å²) < 4.78 is 5.10. The molecule has 1 N–H and O–H groups in total. The van der Waals surface area contributed by atoms with E-state index in [1.807, 2.05) is 30.3 Å². The van der Waals surface area contributed by atoms with Gasteiger partial charge in [-0.05, 0) is 23.8 Å². The van der Waals surface area contributed by atoms with Crippen LogP contribution in [0.5, 0.6) is 5.75 Å². The number of para-hydroxylation sites is 1. The molecule has 1 aliphatic heterocycles. The molecule has 4 nitrogen and oxygen atoms in total. The fraction of sp³-hybridized carbons (Fsp3) is 0. The first-order valence-electron chi connectivity index (χ1n) is 6.10. The molecule has 2 aromatic rings. The van der Waals surface area contributed by atoms with Crippen LogP contribution in [0.3, 0.4) is 0 Å². The van der Waals surface area contributed by atoms with Crippen LogP contribution in [0.4, 0.5) is 0 Å². The lowest BCUT2D eigenvalue weighted by molar-refractivity contribution is -0.129. The fourth-order valence-corrected chi connectivity index (χ4v) is 1.89. The van der Waals surface area contributed by atoms with E-state index in [0.717, 1.165) is 5.56 Å². The number of benzene rings is 2. The lowest BCUT2D eigenvalue weighted by Crippen LogP contribution is -2.05. The third-order valence-corrected chi connectivity index (χ3v) is 2.86. The molecule has 3 rings (SSSR count). The Morgan fingerprint density at radius 3 is 2.45 bits per heavy atom. The van der Waals surface area contributed by atoms with Gasteiger partial charge in [0.05, 0.1) is 5.56 Å². The monoisotopic (exact) mass is 265 g/mol. The Balaban J connectivity index is 1.98. The Morgan fingerprint density at radius 2 is 1.70 bits per heavy atom. The maximum absolute atomic E-state index is 11.8. The van der Waals surface area contributed by atoms with Crippen molar-refractivity contribution in [2.45, 2.75) is 0 Å². The van der Waals surface area contributed by atoms with Crippen LogP contribution in [-0.2, 0) is 9.53 Å². The van der Waals surface area contributed by atoms with Gasteiger partial charge in [-0.1, -0.05) is 42.5 Å². The summed E-state index contributed by atoms with van der Waals surface area (Å²) in [7, 11) is 0. The van der Waals surface area contributed by atoms with Crippen molar-refractivity contribution < 1.29 is 14.6 Å². The number of phenols is 1. The molecule has 0 spiro atoms. The minimum Gasteiger partial charge on any atom is -0.507 e. The fourth-order valence-electron chi connectivity index (χ4n) is 1.89. The van der Waals surface area contributed by atoms with Gasteiger partial charge in [0, 0.05) is 0 Å². The number of cyclic esters (lactones) is 1. The molecular formula is C16H11NO3. The van der Waals surface area contributed by atoms with Gasteiger partial charge >= 0.3 is 5.97 Å². The molecule has 0 saturated carbocycles. The molecule has 2 aromatic carbocycles. The average Bonchev–Trinajstić information content (AvgIpc) is 2.81. The Bertz CT molecular complexity index is 718. The van der Waals surface area contributed by atoms with Crippen LogP contribution >= 0.6 is 0 Å². The van der Waals surface area contributed by atoms with Crippen LogP contribution in [0.1, 0.15) is 11.1 Å². The van der Waals surface area contributed by atoms with Crippen LogP contribution in [0.25, 0.3) is 6.08 Å². The molecule has 0 saturated heterocycles. The summed E-state index contributed by atoms with van der Waals surface area (Å²) in [5, 5.41) is 9.74. The first kappa shape index (κ1) is 12.2. The Labute approximate surface area is 115 Å². The molecule has 0 amide bonds. The van der Waals surface area contributed by atoms with Crippen molar-refractivity contribution >= 4 is 17.9 Å². The van der Waals surface area contributed by atoms with Crippen molar-refractivity contribution in [1.82, 2.24) is 0 Å². The highest BCUT2D eigenvalue weighted by Gasteiger charge is 2.25. The van der Waals surface area contributed by atoms with Crippen LogP contribution < -0.4 is 0 Å². The van der Waals surface area contributed by atoms with Crippen molar-refractivity contribution in [2.75, 3.05) is 0 Å². The number of carbonyl (C=O) groups excluding carboxylic acids is 1. The summed E-state index contributed by atoms with van der Waals surface area (Å²) in [4.78, 5) is 15.9. The normalized spacial score (nSPS) is 16.1. The van der Waals surface area contributed by atoms with E-state index in [-0.39, 0.29) is 17.3 Å². The second kappa shape index (κ2) is 5.01. The third-order valence-electron chi connectivity index (χ3n) is 2.86. The van der Waals surface area contributed by atoms with E-state index in [1.54, 1.807) is 24.3 Å². The minimum atomic E-state index is -0.521. The maximum atomic E-state index is 11.8. The van der Waals surface area contributed by atoms with Gasteiger partial charge in [-0.15, -0.1) is 0 Å². The highest BCUT2D eigenvalue weighted by atomic mass is 16.6. The van der Waals surface area contributed by atoms with Crippen LogP contribution in [0.2, 0.25) is 0 Å². The number of aliphatic imine (C=N–C) groups is 1. The number of carbonyl (C=O) groups is 1. The second-order valence-electron chi connectivity index (χ2n) is 4.26. The van der Waals surface area contributed by atoms with Crippen molar-refractivity contribution in [2.24, 2.45) is 4.99 Å². The zero-order valence-electron chi connectivity index (χ0n) is 10.5. The summed E-state index contributed by atoms with van der Waals surface area (Å²) in [6.45, 7) is 0. The SMILES string of the molecule is O=C1OC(c2ccccc2O)=N/C1=C/c1ccccc1. The molecule has 0 bridgehead atoms. The molecule has 1 aliphatic rings. The lowest BCUT2D eigenvalue weighted by atomic mass is 10.2. The van der Waals surface area contributed by atoms with Crippen molar-refractivity contribution in [3.05, 3.63) is 71.4 Å². The van der Waals surface area contributed by atoms with Crippen molar-refractivity contribution in [1.29, 1.82) is 0 Å². The largest absolute Gasteiger partial charge is 0.507 e. The van der Waals surface area contributed by atoms with Gasteiger partial charge in [0.2, 0.25) is 5.90 Å². The average molecular weight is 265 g/mol. The standard InChI is InChI=1S/C16H11NO3/c18-14-9-5-4-8-12(14)15-17-13(16(19)20-15)10-11-6-2-1-3-7-11/h1-10,18H/b13-10+. The number of rotatable bonds is 2. The molecule has 0 atom stereocenters. The predicted molar refractivity (Wildman–Crippen MR) is 75.2 cm³/mol. The highest BCUT2D eigenvalue weighted by molar-refractivity contribution is 6.13. The molecule has 98 valence electrons. The smallest absolute Gasteiger partial charge is 0.363 e. The Kier molecular flexibility index (Phi) is 3.05. The zero-order valence-corrected chi connectivity index (χ0v) is 10.5. The lowest BCUT2D eigenvalue weighted by Gasteiger charge is -2.01. The predicted octanol–water partition coefficient (Wildman–Crippen LogP) is 2.74. The van der Waals surface area contributed by atoms with Gasteiger partial charge in [-0.3, -0.25) is 0 Å². The highest BCUT2D eigenvalue weighted by Crippen LogP contribution is 2.23. The Hall–Kier alpha value is -2.88. The summed E-state index contributed by atoms with van der Waals surface area (Å²) in [6.07, 6.45) is 1.65. The molecular weight excluding hydrogens is 254 g/mol. The number of nitrogens with zero attached hydrogens (tertiary/aromatic N) is 1. The van der Waals surface area contributed by atoms with Crippen LogP contribution in [0.15, 0.2) is 65.3 Å². The summed E-state index contributed by atoms with van der Waals surface area (Å²) in [5.74, 6) is -0.373. The summed E-state index contributed by atoms with van der Waals surface area (Å²) in [6, 6.07) is 16.0. The van der Waals surface area contributed by atoms with Gasteiger partial charge in [0.1, 0.15) is 5.75 Å². The summed E-state index contributed by atoms with van der Waals surface area (Å²) in [5.41, 5.74) is 1.48. The van der Waals surface area contributed by atoms with E-state index >= 15 is 0 Å². The van der Waals surface area contributed by atoms with E-state index < -0.39 is 5.97 Å². The minimum absolute atomic E-state index is 0.0278. The number of hydrogen-bond donors (Lipinski definition) is 1. The number of ether oxygens (including phenoxy) is 1. The number of aromatic hydroxyl groups is 1. The maximum Gasteiger partial charge on any atom is 0.363 e. The van der Waals surface area contributed by atoms with Gasteiger partial charge in [-0.2, -0.15) is 0 Å². The molecule has 20 heavy (non-hydrogen) atoms. The number of esters is 1. The topological polar surface area (TPSA) is 58.9 Å². The Morgan fingerprint density at radius 1 is 1.00 bits per heavy atom. The molecule has 0 aliphatic carbocycles. The molecule has 1 heterocycles.